The molecule has 1 aliphatic rings. The van der Waals surface area contributed by atoms with Gasteiger partial charge in [-0.3, -0.25) is 4.68 Å². The molecule has 1 aromatic rings. The van der Waals surface area contributed by atoms with Crippen LogP contribution in [0.15, 0.2) is 4.99 Å². The monoisotopic (exact) mass is 240 g/mol. The van der Waals surface area contributed by atoms with Crippen LogP contribution in [0.25, 0.3) is 0 Å². The highest BCUT2D eigenvalue weighted by Gasteiger charge is 2.19. The highest BCUT2D eigenvalue weighted by Crippen LogP contribution is 2.24. The van der Waals surface area contributed by atoms with E-state index in [0.29, 0.717) is 0 Å². The van der Waals surface area contributed by atoms with Gasteiger partial charge in [0.1, 0.15) is 0 Å². The summed E-state index contributed by atoms with van der Waals surface area (Å²) < 4.78 is 2.05. The van der Waals surface area contributed by atoms with E-state index in [-0.39, 0.29) is 0 Å². The van der Waals surface area contributed by atoms with Crippen molar-refractivity contribution >= 4 is 17.8 Å². The normalized spacial score (nSPS) is 17.7. The van der Waals surface area contributed by atoms with Gasteiger partial charge < -0.3 is 9.89 Å². The third-order valence-electron chi connectivity index (χ3n) is 2.86. The van der Waals surface area contributed by atoms with E-state index in [9.17, 15) is 0 Å². The van der Waals surface area contributed by atoms with Gasteiger partial charge in [0.15, 0.2) is 0 Å². The van der Waals surface area contributed by atoms with E-state index in [1.54, 1.807) is 7.05 Å². The number of fused-ring (bicyclic) bond motifs is 1. The molecule has 0 spiro atoms. The van der Waals surface area contributed by atoms with Crippen molar-refractivity contribution in [1.29, 1.82) is 0 Å². The first-order valence-corrected chi connectivity index (χ1v) is 5.93. The van der Waals surface area contributed by atoms with Crippen molar-refractivity contribution < 1.29 is 0 Å². The highest BCUT2D eigenvalue weighted by molar-refractivity contribution is 6.32. The number of rotatable bonds is 2. The number of aromatic nitrogens is 2. The molecule has 16 heavy (non-hydrogen) atoms. The summed E-state index contributed by atoms with van der Waals surface area (Å²) in [5, 5.41) is 5.36. The average Bonchev–Trinajstić information content (AvgIpc) is 2.46. The molecule has 0 saturated heterocycles. The maximum atomic E-state index is 6.34. The van der Waals surface area contributed by atoms with E-state index in [1.165, 1.54) is 0 Å². The lowest BCUT2D eigenvalue weighted by Crippen LogP contribution is -2.17. The van der Waals surface area contributed by atoms with Crippen LogP contribution in [0.5, 0.6) is 0 Å². The molecule has 0 atom stereocenters. The summed E-state index contributed by atoms with van der Waals surface area (Å²) >= 11 is 6.34. The number of hydrogen-bond acceptors (Lipinski definition) is 3. The van der Waals surface area contributed by atoms with Gasteiger partial charge in [-0.05, 0) is 13.5 Å². The fourth-order valence-electron chi connectivity index (χ4n) is 2.00. The van der Waals surface area contributed by atoms with Crippen molar-refractivity contribution in [3.8, 4) is 0 Å². The summed E-state index contributed by atoms with van der Waals surface area (Å²) in [6.45, 7) is 2.95. The summed E-state index contributed by atoms with van der Waals surface area (Å²) in [4.78, 5) is 6.25. The van der Waals surface area contributed by atoms with Crippen molar-refractivity contribution in [3.05, 3.63) is 16.4 Å². The van der Waals surface area contributed by atoms with Crippen molar-refractivity contribution in [3.63, 3.8) is 0 Å². The van der Waals surface area contributed by atoms with Gasteiger partial charge >= 0.3 is 0 Å². The smallest absolute Gasteiger partial charge is 0.0867 e. The minimum Gasteiger partial charge on any atom is -0.300 e. The third kappa shape index (κ3) is 2.28. The number of hydrogen-bond donors (Lipinski definition) is 0. The molecule has 1 aromatic heterocycles. The van der Waals surface area contributed by atoms with Gasteiger partial charge in [-0.2, -0.15) is 5.10 Å². The molecule has 0 bridgehead atoms. The lowest BCUT2D eigenvalue weighted by molar-refractivity contribution is 0.332. The Morgan fingerprint density at radius 1 is 1.50 bits per heavy atom. The summed E-state index contributed by atoms with van der Waals surface area (Å²) in [5.41, 5.74) is 2.08. The Kier molecular flexibility index (Phi) is 3.61. The third-order valence-corrected chi connectivity index (χ3v) is 3.29. The standard InChI is InChI=1S/C11H17ClN4/c1-13-5-4-9-11(12)10-8-15(2)6-3-7-16(10)14-9/h5H,3-4,6-8H2,1-2H3. The van der Waals surface area contributed by atoms with E-state index in [2.05, 4.69) is 22.0 Å². The van der Waals surface area contributed by atoms with Crippen LogP contribution in [-0.2, 0) is 19.5 Å². The van der Waals surface area contributed by atoms with Gasteiger partial charge in [0.2, 0.25) is 0 Å². The predicted octanol–water partition coefficient (Wildman–Crippen LogP) is 1.62. The topological polar surface area (TPSA) is 33.4 Å². The molecule has 0 saturated carbocycles. The minimum atomic E-state index is 0.721. The van der Waals surface area contributed by atoms with E-state index in [1.807, 2.05) is 10.9 Å². The van der Waals surface area contributed by atoms with Crippen LogP contribution in [0.1, 0.15) is 17.8 Å². The van der Waals surface area contributed by atoms with Crippen LogP contribution in [0.3, 0.4) is 0 Å². The molecule has 2 rings (SSSR count). The molecule has 5 heteroatoms. The van der Waals surface area contributed by atoms with Crippen molar-refractivity contribution in [1.82, 2.24) is 14.7 Å². The molecule has 88 valence electrons. The molecule has 0 aromatic carbocycles. The first-order chi connectivity index (χ1) is 7.72. The molecule has 0 fully saturated rings. The number of aryl methyl sites for hydroxylation is 1. The Balaban J connectivity index is 2.28. The zero-order valence-electron chi connectivity index (χ0n) is 9.78. The van der Waals surface area contributed by atoms with Crippen molar-refractivity contribution in [2.45, 2.75) is 25.9 Å². The Hall–Kier alpha value is -0.870. The second-order valence-corrected chi connectivity index (χ2v) is 4.54. The van der Waals surface area contributed by atoms with Crippen LogP contribution in [0, 0.1) is 0 Å². The van der Waals surface area contributed by atoms with Gasteiger partial charge in [-0.25, -0.2) is 0 Å². The van der Waals surface area contributed by atoms with Crippen molar-refractivity contribution in [2.24, 2.45) is 4.99 Å². The first-order valence-electron chi connectivity index (χ1n) is 5.55. The van der Waals surface area contributed by atoms with Crippen LogP contribution < -0.4 is 0 Å². The largest absolute Gasteiger partial charge is 0.300 e. The van der Waals surface area contributed by atoms with E-state index < -0.39 is 0 Å². The predicted molar refractivity (Wildman–Crippen MR) is 66.3 cm³/mol. The number of aliphatic imine (C=N–C) groups is 1. The molecule has 1 aliphatic heterocycles. The number of halogens is 1. The van der Waals surface area contributed by atoms with Crippen LogP contribution >= 0.6 is 11.6 Å². The van der Waals surface area contributed by atoms with Gasteiger partial charge in [0.25, 0.3) is 0 Å². The van der Waals surface area contributed by atoms with Crippen LogP contribution in [-0.4, -0.2) is 41.5 Å². The molecule has 2 heterocycles. The molecule has 0 aliphatic carbocycles. The van der Waals surface area contributed by atoms with Gasteiger partial charge in [0.05, 0.1) is 16.4 Å². The second kappa shape index (κ2) is 4.97. The van der Waals surface area contributed by atoms with E-state index >= 15 is 0 Å². The molecule has 4 nitrogen and oxygen atoms in total. The van der Waals surface area contributed by atoms with Crippen LogP contribution in [0.4, 0.5) is 0 Å². The lowest BCUT2D eigenvalue weighted by atomic mass is 10.3. The summed E-state index contributed by atoms with van der Waals surface area (Å²) in [6, 6.07) is 0. The summed E-state index contributed by atoms with van der Waals surface area (Å²) in [7, 11) is 3.88. The first kappa shape index (κ1) is 11.6. The fraction of sp³-hybridized carbons (Fsp3) is 0.636. The SMILES string of the molecule is CN=CCc1nn2c(c1Cl)CN(C)CCC2. The Labute approximate surface area is 101 Å². The average molecular weight is 241 g/mol. The molecule has 0 N–H and O–H groups in total. The zero-order chi connectivity index (χ0) is 11.5. The second-order valence-electron chi connectivity index (χ2n) is 4.17. The summed E-state index contributed by atoms with van der Waals surface area (Å²) in [5.74, 6) is 0. The zero-order valence-corrected chi connectivity index (χ0v) is 10.5. The molecule has 0 amide bonds. The molecular weight excluding hydrogens is 224 g/mol. The van der Waals surface area contributed by atoms with E-state index in [4.69, 9.17) is 11.6 Å². The molecular formula is C11H17ClN4. The Morgan fingerprint density at radius 2 is 2.31 bits per heavy atom. The Morgan fingerprint density at radius 3 is 3.06 bits per heavy atom. The van der Waals surface area contributed by atoms with Gasteiger partial charge in [-0.1, -0.05) is 11.6 Å². The van der Waals surface area contributed by atoms with E-state index in [0.717, 1.165) is 48.9 Å². The molecule has 0 unspecified atom stereocenters. The van der Waals surface area contributed by atoms with Crippen LogP contribution in [0.2, 0.25) is 5.02 Å². The minimum absolute atomic E-state index is 0.721. The summed E-state index contributed by atoms with van der Waals surface area (Å²) in [6.07, 6.45) is 3.69. The Bertz CT molecular complexity index is 397. The lowest BCUT2D eigenvalue weighted by Gasteiger charge is -2.11. The fourth-order valence-corrected chi connectivity index (χ4v) is 2.27. The number of nitrogens with zero attached hydrogens (tertiary/aromatic N) is 4. The van der Waals surface area contributed by atoms with Gasteiger partial charge in [-0.15, -0.1) is 0 Å². The maximum Gasteiger partial charge on any atom is 0.0867 e. The molecule has 0 radical (unpaired) electrons. The van der Waals surface area contributed by atoms with Crippen molar-refractivity contribution in [2.75, 3.05) is 20.6 Å². The maximum absolute atomic E-state index is 6.34. The highest BCUT2D eigenvalue weighted by atomic mass is 35.5. The quantitative estimate of drug-likeness (QED) is 0.736. The van der Waals surface area contributed by atoms with Gasteiger partial charge in [0, 0.05) is 39.3 Å².